The van der Waals surface area contributed by atoms with E-state index < -0.39 is 0 Å². The monoisotopic (exact) mass is 494 g/mol. The topological polar surface area (TPSA) is 84.0 Å². The standard InChI is InChI=1S/C28H38N4O4/c1-19-6-5-7-20(2)32(19)27(33)18-35-25-11-9-24(10-12-25)28(34)30-15-23-8-13-26(29-14-23)31-16-21(3)36-22(4)17-31/h8-14,19-22H,5-7,15-18H2,1-4H3,(H,30,34). The van der Waals surface area contributed by atoms with Crippen LogP contribution in [0.4, 0.5) is 5.82 Å². The lowest BCUT2D eigenvalue weighted by Crippen LogP contribution is -2.49. The Bertz CT molecular complexity index is 1010. The quantitative estimate of drug-likeness (QED) is 0.631. The highest BCUT2D eigenvalue weighted by atomic mass is 16.5. The predicted molar refractivity (Wildman–Crippen MR) is 139 cm³/mol. The highest BCUT2D eigenvalue weighted by molar-refractivity contribution is 5.94. The highest BCUT2D eigenvalue weighted by Gasteiger charge is 2.29. The molecule has 2 aliphatic heterocycles. The van der Waals surface area contributed by atoms with Gasteiger partial charge in [0, 0.05) is 43.5 Å². The number of anilines is 1. The lowest BCUT2D eigenvalue weighted by molar-refractivity contribution is -0.139. The number of carbonyl (C=O) groups excluding carboxylic acids is 2. The van der Waals surface area contributed by atoms with Crippen molar-refractivity contribution < 1.29 is 19.1 Å². The molecule has 0 bridgehead atoms. The number of benzene rings is 1. The van der Waals surface area contributed by atoms with Crippen molar-refractivity contribution in [2.24, 2.45) is 0 Å². The van der Waals surface area contributed by atoms with Crippen LogP contribution in [0, 0.1) is 0 Å². The fourth-order valence-electron chi connectivity index (χ4n) is 5.19. The largest absolute Gasteiger partial charge is 0.484 e. The summed E-state index contributed by atoms with van der Waals surface area (Å²) in [5.74, 6) is 1.33. The van der Waals surface area contributed by atoms with Crippen molar-refractivity contribution in [2.45, 2.75) is 77.8 Å². The van der Waals surface area contributed by atoms with Gasteiger partial charge in [0.15, 0.2) is 6.61 Å². The minimum Gasteiger partial charge on any atom is -0.484 e. The van der Waals surface area contributed by atoms with Gasteiger partial charge in [0.25, 0.3) is 11.8 Å². The van der Waals surface area contributed by atoms with Crippen LogP contribution in [0.3, 0.4) is 0 Å². The van der Waals surface area contributed by atoms with Gasteiger partial charge in [-0.3, -0.25) is 9.59 Å². The van der Waals surface area contributed by atoms with E-state index >= 15 is 0 Å². The van der Waals surface area contributed by atoms with Gasteiger partial charge in [0.1, 0.15) is 11.6 Å². The molecule has 2 aliphatic rings. The third-order valence-electron chi connectivity index (χ3n) is 6.97. The normalized spacial score (nSPS) is 24.3. The van der Waals surface area contributed by atoms with E-state index in [1.807, 2.05) is 17.0 Å². The number of hydrogen-bond acceptors (Lipinski definition) is 6. The molecule has 0 radical (unpaired) electrons. The number of rotatable bonds is 7. The number of amides is 2. The summed E-state index contributed by atoms with van der Waals surface area (Å²) in [7, 11) is 0. The molecule has 8 heteroatoms. The summed E-state index contributed by atoms with van der Waals surface area (Å²) >= 11 is 0. The number of ether oxygens (including phenoxy) is 2. The van der Waals surface area contributed by atoms with Crippen LogP contribution in [0.2, 0.25) is 0 Å². The molecule has 194 valence electrons. The molecule has 2 fully saturated rings. The van der Waals surface area contributed by atoms with E-state index in [0.29, 0.717) is 17.9 Å². The maximum Gasteiger partial charge on any atom is 0.260 e. The smallest absolute Gasteiger partial charge is 0.260 e. The second-order valence-corrected chi connectivity index (χ2v) is 10.1. The Balaban J connectivity index is 1.24. The number of nitrogens with zero attached hydrogens (tertiary/aromatic N) is 3. The molecule has 1 aromatic carbocycles. The molecule has 4 atom stereocenters. The van der Waals surface area contributed by atoms with Crippen LogP contribution < -0.4 is 15.0 Å². The van der Waals surface area contributed by atoms with E-state index in [9.17, 15) is 9.59 Å². The number of aromatic nitrogens is 1. The van der Waals surface area contributed by atoms with Crippen molar-refractivity contribution in [2.75, 3.05) is 24.6 Å². The third-order valence-corrected chi connectivity index (χ3v) is 6.97. The number of morpholine rings is 1. The Labute approximate surface area is 214 Å². The zero-order chi connectivity index (χ0) is 25.7. The summed E-state index contributed by atoms with van der Waals surface area (Å²) < 4.78 is 11.5. The number of carbonyl (C=O) groups is 2. The van der Waals surface area contributed by atoms with Gasteiger partial charge in [-0.05, 0) is 82.9 Å². The average molecular weight is 495 g/mol. The van der Waals surface area contributed by atoms with Crippen LogP contribution in [0.25, 0.3) is 0 Å². The van der Waals surface area contributed by atoms with Crippen molar-refractivity contribution in [1.82, 2.24) is 15.2 Å². The molecule has 8 nitrogen and oxygen atoms in total. The summed E-state index contributed by atoms with van der Waals surface area (Å²) in [6, 6.07) is 11.4. The van der Waals surface area contributed by atoms with Crippen molar-refractivity contribution in [1.29, 1.82) is 0 Å². The van der Waals surface area contributed by atoms with Gasteiger partial charge in [0.05, 0.1) is 12.2 Å². The third kappa shape index (κ3) is 6.55. The molecule has 4 unspecified atom stereocenters. The fraction of sp³-hybridized carbons (Fsp3) is 0.536. The Morgan fingerprint density at radius 1 is 1.00 bits per heavy atom. The lowest BCUT2D eigenvalue weighted by atomic mass is 9.97. The molecule has 0 saturated carbocycles. The molecule has 3 heterocycles. The van der Waals surface area contributed by atoms with E-state index in [1.54, 1.807) is 30.5 Å². The molecule has 1 aromatic heterocycles. The van der Waals surface area contributed by atoms with E-state index in [2.05, 4.69) is 42.9 Å². The van der Waals surface area contributed by atoms with E-state index in [-0.39, 0.29) is 42.7 Å². The first-order valence-corrected chi connectivity index (χ1v) is 13.0. The van der Waals surface area contributed by atoms with Gasteiger partial charge in [-0.2, -0.15) is 0 Å². The van der Waals surface area contributed by atoms with Gasteiger partial charge < -0.3 is 24.6 Å². The predicted octanol–water partition coefficient (Wildman–Crippen LogP) is 3.79. The van der Waals surface area contributed by atoms with Gasteiger partial charge in [0.2, 0.25) is 0 Å². The van der Waals surface area contributed by atoms with Crippen LogP contribution >= 0.6 is 0 Å². The second-order valence-electron chi connectivity index (χ2n) is 10.1. The number of pyridine rings is 1. The fourth-order valence-corrected chi connectivity index (χ4v) is 5.19. The van der Waals surface area contributed by atoms with Gasteiger partial charge >= 0.3 is 0 Å². The zero-order valence-corrected chi connectivity index (χ0v) is 21.8. The van der Waals surface area contributed by atoms with Crippen molar-refractivity contribution >= 4 is 17.6 Å². The van der Waals surface area contributed by atoms with Gasteiger partial charge in [-0.15, -0.1) is 0 Å². The number of likely N-dealkylation sites (tertiary alicyclic amines) is 1. The summed E-state index contributed by atoms with van der Waals surface area (Å²) in [6.07, 6.45) is 5.38. The number of piperidine rings is 1. The zero-order valence-electron chi connectivity index (χ0n) is 21.8. The van der Waals surface area contributed by atoms with Crippen molar-refractivity contribution in [3.8, 4) is 5.75 Å². The molecule has 4 rings (SSSR count). The van der Waals surface area contributed by atoms with Crippen LogP contribution in [0.15, 0.2) is 42.6 Å². The summed E-state index contributed by atoms with van der Waals surface area (Å²) in [5.41, 5.74) is 1.47. The van der Waals surface area contributed by atoms with E-state index in [1.165, 1.54) is 0 Å². The first-order valence-electron chi connectivity index (χ1n) is 13.0. The molecule has 2 aromatic rings. The second kappa shape index (κ2) is 11.7. The Kier molecular flexibility index (Phi) is 8.46. The SMILES string of the molecule is CC1CN(c2ccc(CNC(=O)c3ccc(OCC(=O)N4C(C)CCCC4C)cc3)cn2)CC(C)O1. The molecular formula is C28H38N4O4. The summed E-state index contributed by atoms with van der Waals surface area (Å²) in [5, 5.41) is 2.94. The highest BCUT2D eigenvalue weighted by Crippen LogP contribution is 2.23. The molecule has 0 aliphatic carbocycles. The Hall–Kier alpha value is -3.13. The van der Waals surface area contributed by atoms with Crippen LogP contribution in [-0.4, -0.2) is 65.7 Å². The maximum absolute atomic E-state index is 12.7. The van der Waals surface area contributed by atoms with Crippen LogP contribution in [0.1, 0.15) is 62.9 Å². The average Bonchev–Trinajstić information content (AvgIpc) is 2.86. The Morgan fingerprint density at radius 2 is 1.67 bits per heavy atom. The van der Waals surface area contributed by atoms with Crippen molar-refractivity contribution in [3.05, 3.63) is 53.7 Å². The van der Waals surface area contributed by atoms with Gasteiger partial charge in [-0.1, -0.05) is 6.07 Å². The molecule has 36 heavy (non-hydrogen) atoms. The van der Waals surface area contributed by atoms with E-state index in [0.717, 1.165) is 43.7 Å². The Morgan fingerprint density at radius 3 is 2.28 bits per heavy atom. The van der Waals surface area contributed by atoms with Crippen molar-refractivity contribution in [3.63, 3.8) is 0 Å². The minimum atomic E-state index is -0.173. The first-order chi connectivity index (χ1) is 17.3. The molecule has 1 N–H and O–H groups in total. The molecule has 0 spiro atoms. The van der Waals surface area contributed by atoms with E-state index in [4.69, 9.17) is 9.47 Å². The summed E-state index contributed by atoms with van der Waals surface area (Å²) in [4.78, 5) is 34.0. The van der Waals surface area contributed by atoms with Gasteiger partial charge in [-0.25, -0.2) is 4.98 Å². The lowest BCUT2D eigenvalue weighted by Gasteiger charge is -2.38. The van der Waals surface area contributed by atoms with Crippen LogP contribution in [-0.2, 0) is 16.1 Å². The molecular weight excluding hydrogens is 456 g/mol. The van der Waals surface area contributed by atoms with Crippen LogP contribution in [0.5, 0.6) is 5.75 Å². The molecule has 2 saturated heterocycles. The first kappa shape index (κ1) is 25.9. The number of hydrogen-bond donors (Lipinski definition) is 1. The summed E-state index contributed by atoms with van der Waals surface area (Å²) in [6.45, 7) is 10.4. The molecule has 2 amide bonds. The maximum atomic E-state index is 12.7. The minimum absolute atomic E-state index is 0.00545. The number of nitrogens with one attached hydrogen (secondary N) is 1.